The van der Waals surface area contributed by atoms with Crippen molar-refractivity contribution in [2.24, 2.45) is 0 Å². The number of carboxylic acids is 1. The number of halogens is 1. The standard InChI is InChI=1S/C19H18BrNO4/c1-11-3-4-13(9-12(11)2)17(22)7-8-18(23)21-16-6-5-14(20)10-15(16)19(24)25/h3-6,9-10H,7-8H2,1-2H3,(H,21,23)(H,24,25). The first-order valence-electron chi connectivity index (χ1n) is 7.71. The Morgan fingerprint density at radius 3 is 2.36 bits per heavy atom. The van der Waals surface area contributed by atoms with E-state index < -0.39 is 11.9 Å². The van der Waals surface area contributed by atoms with Crippen molar-refractivity contribution in [2.75, 3.05) is 5.32 Å². The summed E-state index contributed by atoms with van der Waals surface area (Å²) in [7, 11) is 0. The van der Waals surface area contributed by atoms with Crippen molar-refractivity contribution in [1.82, 2.24) is 0 Å². The molecule has 6 heteroatoms. The van der Waals surface area contributed by atoms with Gasteiger partial charge in [-0.2, -0.15) is 0 Å². The minimum absolute atomic E-state index is 0.0109. The fourth-order valence-electron chi connectivity index (χ4n) is 2.30. The van der Waals surface area contributed by atoms with Gasteiger partial charge < -0.3 is 10.4 Å². The van der Waals surface area contributed by atoms with E-state index in [2.05, 4.69) is 21.2 Å². The highest BCUT2D eigenvalue weighted by Gasteiger charge is 2.15. The topological polar surface area (TPSA) is 83.5 Å². The van der Waals surface area contributed by atoms with Crippen LogP contribution in [0.1, 0.15) is 44.7 Å². The van der Waals surface area contributed by atoms with Crippen LogP contribution in [0.2, 0.25) is 0 Å². The molecule has 2 aromatic carbocycles. The number of Topliss-reactive ketones (excluding diaryl/α,β-unsaturated/α-hetero) is 1. The van der Waals surface area contributed by atoms with Gasteiger partial charge in [0.1, 0.15) is 0 Å². The Hall–Kier alpha value is -2.47. The van der Waals surface area contributed by atoms with Gasteiger partial charge in [-0.05, 0) is 49.2 Å². The van der Waals surface area contributed by atoms with Crippen LogP contribution >= 0.6 is 15.9 Å². The van der Waals surface area contributed by atoms with Crippen molar-refractivity contribution < 1.29 is 19.5 Å². The second-order valence-electron chi connectivity index (χ2n) is 5.77. The summed E-state index contributed by atoms with van der Waals surface area (Å²) in [4.78, 5) is 35.5. The number of aromatic carboxylic acids is 1. The molecule has 0 saturated heterocycles. The number of carbonyl (C=O) groups excluding carboxylic acids is 2. The van der Waals surface area contributed by atoms with E-state index >= 15 is 0 Å². The van der Waals surface area contributed by atoms with Crippen LogP contribution in [0, 0.1) is 13.8 Å². The van der Waals surface area contributed by atoms with Crippen LogP contribution in [0.5, 0.6) is 0 Å². The third-order valence-electron chi connectivity index (χ3n) is 3.89. The number of aryl methyl sites for hydroxylation is 2. The predicted octanol–water partition coefficient (Wildman–Crippen LogP) is 4.37. The molecule has 0 aromatic heterocycles. The Kier molecular flexibility index (Phi) is 6.09. The molecule has 1 amide bonds. The molecule has 5 nitrogen and oxygen atoms in total. The molecule has 0 aliphatic rings. The van der Waals surface area contributed by atoms with Crippen LogP contribution < -0.4 is 5.32 Å². The van der Waals surface area contributed by atoms with Gasteiger partial charge >= 0.3 is 5.97 Å². The Bertz CT molecular complexity index is 845. The molecule has 0 saturated carbocycles. The number of anilines is 1. The number of benzene rings is 2. The van der Waals surface area contributed by atoms with Gasteiger partial charge in [-0.15, -0.1) is 0 Å². The maximum Gasteiger partial charge on any atom is 0.337 e. The van der Waals surface area contributed by atoms with Crippen molar-refractivity contribution in [1.29, 1.82) is 0 Å². The Balaban J connectivity index is 2.00. The summed E-state index contributed by atoms with van der Waals surface area (Å²) < 4.78 is 0.604. The molecule has 0 fully saturated rings. The van der Waals surface area contributed by atoms with Crippen molar-refractivity contribution in [3.8, 4) is 0 Å². The third-order valence-corrected chi connectivity index (χ3v) is 4.39. The average Bonchev–Trinajstić information content (AvgIpc) is 2.56. The molecule has 130 valence electrons. The lowest BCUT2D eigenvalue weighted by molar-refractivity contribution is -0.116. The highest BCUT2D eigenvalue weighted by Crippen LogP contribution is 2.21. The van der Waals surface area contributed by atoms with E-state index in [-0.39, 0.29) is 29.9 Å². The predicted molar refractivity (Wildman–Crippen MR) is 99.2 cm³/mol. The average molecular weight is 404 g/mol. The van der Waals surface area contributed by atoms with E-state index in [1.54, 1.807) is 12.1 Å². The van der Waals surface area contributed by atoms with Crippen LogP contribution in [0.15, 0.2) is 40.9 Å². The summed E-state index contributed by atoms with van der Waals surface area (Å²) in [6, 6.07) is 10.0. The van der Waals surface area contributed by atoms with Crippen LogP contribution in [0.25, 0.3) is 0 Å². The smallest absolute Gasteiger partial charge is 0.337 e. The fraction of sp³-hybridized carbons (Fsp3) is 0.211. The van der Waals surface area contributed by atoms with E-state index in [0.717, 1.165) is 11.1 Å². The quantitative estimate of drug-likeness (QED) is 0.701. The molecule has 0 aliphatic heterocycles. The second-order valence-corrected chi connectivity index (χ2v) is 6.68. The Labute approximate surface area is 154 Å². The first-order valence-corrected chi connectivity index (χ1v) is 8.50. The normalized spacial score (nSPS) is 10.4. The van der Waals surface area contributed by atoms with Gasteiger partial charge in [-0.3, -0.25) is 9.59 Å². The molecule has 25 heavy (non-hydrogen) atoms. The molecule has 0 spiro atoms. The molecular weight excluding hydrogens is 386 g/mol. The van der Waals surface area contributed by atoms with Crippen molar-refractivity contribution in [3.63, 3.8) is 0 Å². The zero-order valence-corrected chi connectivity index (χ0v) is 15.5. The lowest BCUT2D eigenvalue weighted by atomic mass is 10.0. The summed E-state index contributed by atoms with van der Waals surface area (Å²) in [5, 5.41) is 11.7. The number of carbonyl (C=O) groups is 3. The van der Waals surface area contributed by atoms with Gasteiger partial charge in [0.05, 0.1) is 11.3 Å². The lowest BCUT2D eigenvalue weighted by Crippen LogP contribution is -2.16. The number of amides is 1. The zero-order chi connectivity index (χ0) is 18.6. The number of nitrogens with one attached hydrogen (secondary N) is 1. The van der Waals surface area contributed by atoms with Crippen LogP contribution in [0.3, 0.4) is 0 Å². The molecule has 0 heterocycles. The van der Waals surface area contributed by atoms with Gasteiger partial charge in [-0.1, -0.05) is 28.1 Å². The van der Waals surface area contributed by atoms with E-state index in [0.29, 0.717) is 10.0 Å². The van der Waals surface area contributed by atoms with Crippen molar-refractivity contribution in [3.05, 3.63) is 63.1 Å². The van der Waals surface area contributed by atoms with Crippen molar-refractivity contribution >= 4 is 39.3 Å². The van der Waals surface area contributed by atoms with Crippen LogP contribution in [-0.2, 0) is 4.79 Å². The first-order chi connectivity index (χ1) is 11.8. The molecular formula is C19H18BrNO4. The van der Waals surface area contributed by atoms with Crippen LogP contribution in [0.4, 0.5) is 5.69 Å². The third kappa shape index (κ3) is 5.00. The molecule has 0 unspecified atom stereocenters. The summed E-state index contributed by atoms with van der Waals surface area (Å²) in [5.74, 6) is -1.66. The van der Waals surface area contributed by atoms with E-state index in [1.165, 1.54) is 12.1 Å². The minimum Gasteiger partial charge on any atom is -0.478 e. The van der Waals surface area contributed by atoms with Gasteiger partial charge in [0.25, 0.3) is 0 Å². The largest absolute Gasteiger partial charge is 0.478 e. The van der Waals surface area contributed by atoms with E-state index in [4.69, 9.17) is 0 Å². The molecule has 2 N–H and O–H groups in total. The number of ketones is 1. The van der Waals surface area contributed by atoms with Gasteiger partial charge in [-0.25, -0.2) is 4.79 Å². The Morgan fingerprint density at radius 1 is 1.00 bits per heavy atom. The lowest BCUT2D eigenvalue weighted by Gasteiger charge is -2.09. The van der Waals surface area contributed by atoms with E-state index in [9.17, 15) is 19.5 Å². The van der Waals surface area contributed by atoms with Crippen molar-refractivity contribution in [2.45, 2.75) is 26.7 Å². The molecule has 0 atom stereocenters. The highest BCUT2D eigenvalue weighted by atomic mass is 79.9. The molecule has 2 aromatic rings. The van der Waals surface area contributed by atoms with Gasteiger partial charge in [0.2, 0.25) is 5.91 Å². The molecule has 2 rings (SSSR count). The van der Waals surface area contributed by atoms with Gasteiger partial charge in [0.15, 0.2) is 5.78 Å². The maximum atomic E-state index is 12.2. The van der Waals surface area contributed by atoms with Gasteiger partial charge in [0, 0.05) is 22.9 Å². The summed E-state index contributed by atoms with van der Waals surface area (Å²) in [6.07, 6.45) is 0.0497. The zero-order valence-electron chi connectivity index (χ0n) is 13.9. The maximum absolute atomic E-state index is 12.2. The number of rotatable bonds is 6. The molecule has 0 aliphatic carbocycles. The van der Waals surface area contributed by atoms with E-state index in [1.807, 2.05) is 26.0 Å². The highest BCUT2D eigenvalue weighted by molar-refractivity contribution is 9.10. The first kappa shape index (κ1) is 18.9. The molecule has 0 radical (unpaired) electrons. The monoisotopic (exact) mass is 403 g/mol. The summed E-state index contributed by atoms with van der Waals surface area (Å²) in [6.45, 7) is 3.90. The Morgan fingerprint density at radius 2 is 1.72 bits per heavy atom. The SMILES string of the molecule is Cc1ccc(C(=O)CCC(=O)Nc2ccc(Br)cc2C(=O)O)cc1C. The summed E-state index contributed by atoms with van der Waals surface area (Å²) in [5.41, 5.74) is 2.90. The minimum atomic E-state index is -1.14. The molecule has 0 bridgehead atoms. The van der Waals surface area contributed by atoms with Crippen LogP contribution in [-0.4, -0.2) is 22.8 Å². The summed E-state index contributed by atoms with van der Waals surface area (Å²) >= 11 is 3.20. The number of carboxylic acid groups (broad SMARTS) is 1. The second kappa shape index (κ2) is 8.07. The fourth-order valence-corrected chi connectivity index (χ4v) is 2.66. The number of hydrogen-bond acceptors (Lipinski definition) is 3. The number of hydrogen-bond donors (Lipinski definition) is 2.